The lowest BCUT2D eigenvalue weighted by Gasteiger charge is -2.21. The molecule has 0 aliphatic carbocycles. The Morgan fingerprint density at radius 1 is 1.06 bits per heavy atom. The molecule has 3 rings (SSSR count). The lowest BCUT2D eigenvalue weighted by atomic mass is 9.97. The summed E-state index contributed by atoms with van der Waals surface area (Å²) in [6.45, 7) is 0.699. The van der Waals surface area contributed by atoms with E-state index in [2.05, 4.69) is 36.4 Å². The van der Waals surface area contributed by atoms with Gasteiger partial charge in [-0.15, -0.1) is 0 Å². The molecule has 0 saturated heterocycles. The molecule has 18 heavy (non-hydrogen) atoms. The highest BCUT2D eigenvalue weighted by atomic mass is 16.5. The molecule has 2 nitrogen and oxygen atoms in total. The molecule has 0 saturated carbocycles. The minimum atomic E-state index is 0.158. The van der Waals surface area contributed by atoms with Crippen molar-refractivity contribution in [1.82, 2.24) is 0 Å². The first-order chi connectivity index (χ1) is 8.90. The molecule has 0 aromatic heterocycles. The number of ether oxygens (including phenoxy) is 2. The van der Waals surface area contributed by atoms with Gasteiger partial charge in [0.1, 0.15) is 5.75 Å². The Hall–Kier alpha value is -1.80. The Morgan fingerprint density at radius 2 is 1.89 bits per heavy atom. The largest absolute Gasteiger partial charge is 0.496 e. The highest BCUT2D eigenvalue weighted by molar-refractivity contribution is 5.91. The van der Waals surface area contributed by atoms with Gasteiger partial charge in [0.25, 0.3) is 0 Å². The van der Waals surface area contributed by atoms with Crippen LogP contribution in [0.25, 0.3) is 10.8 Å². The smallest absolute Gasteiger partial charge is 0.126 e. The first-order valence-electron chi connectivity index (χ1n) is 6.22. The van der Waals surface area contributed by atoms with Crippen molar-refractivity contribution in [1.29, 1.82) is 0 Å². The SMILES string of the molecule is COc1ccc(C2CC=CCO2)c2ccccc12. The Labute approximate surface area is 107 Å². The van der Waals surface area contributed by atoms with Crippen LogP contribution in [0.1, 0.15) is 18.1 Å². The van der Waals surface area contributed by atoms with Crippen LogP contribution in [0.3, 0.4) is 0 Å². The Kier molecular flexibility index (Phi) is 3.03. The summed E-state index contributed by atoms with van der Waals surface area (Å²) in [5.74, 6) is 0.917. The topological polar surface area (TPSA) is 18.5 Å². The number of rotatable bonds is 2. The summed E-state index contributed by atoms with van der Waals surface area (Å²) in [6, 6.07) is 12.5. The van der Waals surface area contributed by atoms with E-state index in [1.807, 2.05) is 12.1 Å². The average Bonchev–Trinajstić information content (AvgIpc) is 2.47. The molecular formula is C16H16O2. The third-order valence-corrected chi connectivity index (χ3v) is 3.40. The van der Waals surface area contributed by atoms with E-state index in [0.717, 1.165) is 17.6 Å². The molecule has 0 amide bonds. The maximum atomic E-state index is 5.82. The maximum Gasteiger partial charge on any atom is 0.126 e. The normalized spacial score (nSPS) is 19.1. The van der Waals surface area contributed by atoms with E-state index in [1.165, 1.54) is 10.9 Å². The minimum Gasteiger partial charge on any atom is -0.496 e. The molecule has 0 fully saturated rings. The maximum absolute atomic E-state index is 5.82. The summed E-state index contributed by atoms with van der Waals surface area (Å²) < 4.78 is 11.2. The molecule has 2 aromatic rings. The zero-order chi connectivity index (χ0) is 12.4. The van der Waals surface area contributed by atoms with Crippen LogP contribution >= 0.6 is 0 Å². The molecule has 1 aliphatic rings. The van der Waals surface area contributed by atoms with Crippen LogP contribution in [0.15, 0.2) is 48.6 Å². The fourth-order valence-corrected chi connectivity index (χ4v) is 2.50. The Balaban J connectivity index is 2.15. The van der Waals surface area contributed by atoms with Gasteiger partial charge in [-0.2, -0.15) is 0 Å². The average molecular weight is 240 g/mol. The second-order valence-corrected chi connectivity index (χ2v) is 4.43. The fourth-order valence-electron chi connectivity index (χ4n) is 2.50. The molecule has 2 aromatic carbocycles. The summed E-state index contributed by atoms with van der Waals surface area (Å²) in [7, 11) is 1.71. The first kappa shape index (κ1) is 11.3. The molecule has 92 valence electrons. The molecule has 1 heterocycles. The second-order valence-electron chi connectivity index (χ2n) is 4.43. The molecule has 0 N–H and O–H groups in total. The van der Waals surface area contributed by atoms with Crippen LogP contribution in [0, 0.1) is 0 Å². The molecule has 0 bridgehead atoms. The number of hydrogen-bond donors (Lipinski definition) is 0. The van der Waals surface area contributed by atoms with Crippen LogP contribution in [0.5, 0.6) is 5.75 Å². The Morgan fingerprint density at radius 3 is 2.61 bits per heavy atom. The van der Waals surface area contributed by atoms with Crippen LogP contribution in [0.2, 0.25) is 0 Å². The van der Waals surface area contributed by atoms with E-state index in [9.17, 15) is 0 Å². The van der Waals surface area contributed by atoms with Crippen LogP contribution in [-0.4, -0.2) is 13.7 Å². The summed E-state index contributed by atoms with van der Waals surface area (Å²) in [4.78, 5) is 0. The van der Waals surface area contributed by atoms with E-state index in [4.69, 9.17) is 9.47 Å². The van der Waals surface area contributed by atoms with Crippen molar-refractivity contribution in [3.8, 4) is 5.75 Å². The molecule has 0 radical (unpaired) electrons. The van der Waals surface area contributed by atoms with Gasteiger partial charge >= 0.3 is 0 Å². The fraction of sp³-hybridized carbons (Fsp3) is 0.250. The summed E-state index contributed by atoms with van der Waals surface area (Å²) in [5, 5.41) is 2.37. The number of hydrogen-bond acceptors (Lipinski definition) is 2. The molecule has 1 atom stereocenters. The number of fused-ring (bicyclic) bond motifs is 1. The van der Waals surface area contributed by atoms with Gasteiger partial charge in [0.15, 0.2) is 0 Å². The van der Waals surface area contributed by atoms with E-state index in [-0.39, 0.29) is 6.10 Å². The lowest BCUT2D eigenvalue weighted by Crippen LogP contribution is -2.08. The van der Waals surface area contributed by atoms with E-state index in [1.54, 1.807) is 7.11 Å². The number of methoxy groups -OCH3 is 1. The second kappa shape index (κ2) is 4.83. The van der Waals surface area contributed by atoms with Crippen molar-refractivity contribution in [3.63, 3.8) is 0 Å². The van der Waals surface area contributed by atoms with Crippen LogP contribution in [-0.2, 0) is 4.74 Å². The lowest BCUT2D eigenvalue weighted by molar-refractivity contribution is 0.0688. The van der Waals surface area contributed by atoms with Crippen molar-refractivity contribution < 1.29 is 9.47 Å². The first-order valence-corrected chi connectivity index (χ1v) is 6.22. The van der Waals surface area contributed by atoms with Gasteiger partial charge in [0, 0.05) is 5.39 Å². The summed E-state index contributed by atoms with van der Waals surface area (Å²) in [5.41, 5.74) is 1.25. The van der Waals surface area contributed by atoms with Gasteiger partial charge in [-0.05, 0) is 23.4 Å². The van der Waals surface area contributed by atoms with Gasteiger partial charge in [0.05, 0.1) is 19.8 Å². The third kappa shape index (κ3) is 1.89. The summed E-state index contributed by atoms with van der Waals surface area (Å²) in [6.07, 6.45) is 5.36. The van der Waals surface area contributed by atoms with Gasteiger partial charge in [-0.1, -0.05) is 42.5 Å². The molecule has 1 aliphatic heterocycles. The predicted molar refractivity (Wildman–Crippen MR) is 73.0 cm³/mol. The van der Waals surface area contributed by atoms with Gasteiger partial charge in [-0.3, -0.25) is 0 Å². The van der Waals surface area contributed by atoms with Crippen molar-refractivity contribution in [2.45, 2.75) is 12.5 Å². The zero-order valence-electron chi connectivity index (χ0n) is 10.4. The van der Waals surface area contributed by atoms with Gasteiger partial charge in [0.2, 0.25) is 0 Å². The molecule has 1 unspecified atom stereocenters. The highest BCUT2D eigenvalue weighted by Crippen LogP contribution is 2.35. The van der Waals surface area contributed by atoms with E-state index < -0.39 is 0 Å². The van der Waals surface area contributed by atoms with Gasteiger partial charge in [-0.25, -0.2) is 0 Å². The highest BCUT2D eigenvalue weighted by Gasteiger charge is 2.16. The third-order valence-electron chi connectivity index (χ3n) is 3.40. The monoisotopic (exact) mass is 240 g/mol. The van der Waals surface area contributed by atoms with Crippen LogP contribution < -0.4 is 4.74 Å². The van der Waals surface area contributed by atoms with Gasteiger partial charge < -0.3 is 9.47 Å². The van der Waals surface area contributed by atoms with E-state index >= 15 is 0 Å². The summed E-state index contributed by atoms with van der Waals surface area (Å²) >= 11 is 0. The Bertz CT molecular complexity index is 587. The minimum absolute atomic E-state index is 0.158. The molecular weight excluding hydrogens is 224 g/mol. The van der Waals surface area contributed by atoms with Crippen LogP contribution in [0.4, 0.5) is 0 Å². The molecule has 0 spiro atoms. The van der Waals surface area contributed by atoms with Crippen molar-refractivity contribution >= 4 is 10.8 Å². The van der Waals surface area contributed by atoms with Crippen molar-refractivity contribution in [2.24, 2.45) is 0 Å². The number of benzene rings is 2. The van der Waals surface area contributed by atoms with E-state index in [0.29, 0.717) is 6.61 Å². The zero-order valence-corrected chi connectivity index (χ0v) is 10.4. The van der Waals surface area contributed by atoms with Crippen molar-refractivity contribution in [3.05, 3.63) is 54.1 Å². The standard InChI is InChI=1S/C16H16O2/c1-17-15-10-9-14(16-8-4-5-11-18-16)12-6-2-3-7-13(12)15/h2-7,9-10,16H,8,11H2,1H3. The predicted octanol–water partition coefficient (Wildman–Crippen LogP) is 3.87. The molecule has 2 heteroatoms. The quantitative estimate of drug-likeness (QED) is 0.742. The van der Waals surface area contributed by atoms with Crippen molar-refractivity contribution in [2.75, 3.05) is 13.7 Å².